The van der Waals surface area contributed by atoms with Crippen LogP contribution in [0.5, 0.6) is 17.2 Å². The summed E-state index contributed by atoms with van der Waals surface area (Å²) in [5, 5.41) is 54.8. The summed E-state index contributed by atoms with van der Waals surface area (Å²) >= 11 is 3.92. The molecule has 3 saturated heterocycles. The smallest absolute Gasteiger partial charge is 0.255 e. The van der Waals surface area contributed by atoms with Gasteiger partial charge in [-0.15, -0.1) is 30.6 Å². The third-order valence-electron chi connectivity index (χ3n) is 23.6. The zero-order chi connectivity index (χ0) is 93.8. The molecule has 6 aliphatic rings. The lowest BCUT2D eigenvalue weighted by Gasteiger charge is -2.34. The molecule has 39 heteroatoms. The van der Waals surface area contributed by atoms with E-state index in [1.807, 2.05) is 98.8 Å². The predicted molar refractivity (Wildman–Crippen MR) is 485 cm³/mol. The monoisotopic (exact) mass is 1890 g/mol. The number of ketones is 6. The first-order valence-electron chi connectivity index (χ1n) is 44.5. The van der Waals surface area contributed by atoms with Gasteiger partial charge in [0.25, 0.3) is 17.8 Å². The molecular weight excluding hydrogens is 1790 g/mol. The summed E-state index contributed by atoms with van der Waals surface area (Å²) in [6.45, 7) is 13.6. The Balaban J connectivity index is 0.000000146. The highest BCUT2D eigenvalue weighted by Gasteiger charge is 2.49. The molecule has 0 radical (unpaired) electrons. The molecule has 30 nitrogen and oxygen atoms in total. The van der Waals surface area contributed by atoms with Crippen molar-refractivity contribution in [2.75, 3.05) is 54.0 Å². The number of aromatic nitrogens is 18. The van der Waals surface area contributed by atoms with Crippen LogP contribution in [0.15, 0.2) is 134 Å². The van der Waals surface area contributed by atoms with Gasteiger partial charge < -0.3 is 28.9 Å². The molecule has 134 heavy (non-hydrogen) atoms. The highest BCUT2D eigenvalue weighted by Crippen LogP contribution is 2.44. The number of rotatable bonds is 36. The summed E-state index contributed by atoms with van der Waals surface area (Å²) in [6.07, 6.45) is 5.91. The lowest BCUT2D eigenvalue weighted by Crippen LogP contribution is -2.43. The van der Waals surface area contributed by atoms with Gasteiger partial charge >= 0.3 is 0 Å². The molecular formula is C95H97F6N21O9S3. The van der Waals surface area contributed by atoms with Gasteiger partial charge in [0.05, 0.1) is 70.5 Å². The van der Waals surface area contributed by atoms with Crippen molar-refractivity contribution in [3.63, 3.8) is 0 Å². The van der Waals surface area contributed by atoms with E-state index in [0.717, 1.165) is 84.3 Å². The summed E-state index contributed by atoms with van der Waals surface area (Å²) in [5.41, 5.74) is 12.4. The first-order chi connectivity index (χ1) is 64.3. The van der Waals surface area contributed by atoms with Gasteiger partial charge in [-0.25, -0.2) is 26.3 Å². The fourth-order valence-electron chi connectivity index (χ4n) is 16.6. The van der Waals surface area contributed by atoms with Crippen molar-refractivity contribution in [1.82, 2.24) is 91.1 Å². The summed E-state index contributed by atoms with van der Waals surface area (Å²) in [5.74, 6) is -6.58. The molecule has 696 valence electrons. The number of carbonyl (C=O) groups is 6. The SMILES string of the molecule is Cc1cc(OC2CC(F)(F)C2)cc(CC(=O)Cc2ccc(C3CCN(c4nnc(C(=O)CCc5ccccn5)s4)C3)nn2)n1.Cc1cccc(CCC(=O)c2nnc(N3CCC(c4ccc(CC(=O)Cc5cc(OC6CC(F)(F)C6)cc(C)n5)nn4)C3)s2)n1.Cc1ccnc(CCC(=O)c2nnc(N3CCC(c4ccc(CC(=O)Cc5cc(OC6CC(F)(F)C6)cc(C)n5)nn4)C3)s2)c1. The van der Waals surface area contributed by atoms with Gasteiger partial charge in [-0.05, 0) is 152 Å². The lowest BCUT2D eigenvalue weighted by molar-refractivity contribution is -0.135. The first kappa shape index (κ1) is 94.4. The molecule has 0 spiro atoms. The third-order valence-corrected chi connectivity index (χ3v) is 26.6. The Hall–Kier alpha value is -12.8. The van der Waals surface area contributed by atoms with Gasteiger partial charge in [-0.3, -0.25) is 58.7 Å². The number of halogens is 6. The van der Waals surface area contributed by atoms with Crippen LogP contribution < -0.4 is 28.9 Å². The van der Waals surface area contributed by atoms with Crippen molar-refractivity contribution >= 4 is 84.1 Å². The van der Waals surface area contributed by atoms with E-state index in [1.165, 1.54) is 34.0 Å². The van der Waals surface area contributed by atoms with E-state index in [4.69, 9.17) is 14.2 Å². The topological polar surface area (TPSA) is 372 Å². The highest BCUT2D eigenvalue weighted by molar-refractivity contribution is 7.17. The van der Waals surface area contributed by atoms with Gasteiger partial charge in [0.15, 0.2) is 32.4 Å². The zero-order valence-corrected chi connectivity index (χ0v) is 76.8. The minimum absolute atomic E-state index is 0.0400. The van der Waals surface area contributed by atoms with Crippen molar-refractivity contribution in [3.8, 4) is 17.2 Å². The van der Waals surface area contributed by atoms with Gasteiger partial charge in [-0.1, -0.05) is 46.1 Å². The summed E-state index contributed by atoms with van der Waals surface area (Å²) in [4.78, 5) is 109. The Bertz CT molecular complexity index is 5930. The average Bonchev–Trinajstić information content (AvgIpc) is 1.76. The molecule has 12 aromatic rings. The maximum atomic E-state index is 13.2. The Morgan fingerprint density at radius 3 is 1.02 bits per heavy atom. The molecule has 3 unspecified atom stereocenters. The molecule has 0 aromatic carbocycles. The number of carbonyl (C=O) groups excluding carboxylic acids is 6. The molecule has 15 heterocycles. The van der Waals surface area contributed by atoms with E-state index in [0.29, 0.717) is 157 Å². The molecule has 3 aliphatic carbocycles. The largest absolute Gasteiger partial charge is 0.490 e. The van der Waals surface area contributed by atoms with Gasteiger partial charge in [0, 0.05) is 223 Å². The van der Waals surface area contributed by atoms with Crippen molar-refractivity contribution in [3.05, 3.63) is 245 Å². The molecule has 18 rings (SSSR count). The third kappa shape index (κ3) is 26.2. The van der Waals surface area contributed by atoms with Gasteiger partial charge in [0.1, 0.15) is 52.9 Å². The molecule has 3 aliphatic heterocycles. The number of hydrogen-bond acceptors (Lipinski definition) is 33. The molecule has 0 bridgehead atoms. The Morgan fingerprint density at radius 2 is 0.687 bits per heavy atom. The van der Waals surface area contributed by atoms with Crippen molar-refractivity contribution in [2.24, 2.45) is 0 Å². The second kappa shape index (κ2) is 42.2. The fourth-order valence-corrected chi connectivity index (χ4v) is 19.2. The number of hydrogen-bond donors (Lipinski definition) is 0. The standard InChI is InChI=1S/2C32H33F2N7O3S.C31H31F2N7O3S/c1-19-7-9-35-22(11-19)4-6-29(43)30-39-40-31(45-30)41-10-8-21(18-41)28-5-3-23(37-38-28)13-25(42)14-24-15-26(12-20(2)36-24)44-27-16-32(33,34)17-27;1-19-4-3-5-22(35-19)7-9-29(43)30-39-40-31(45-30)41-11-10-21(18-41)28-8-6-23(37-38-28)13-25(42)14-24-15-26(12-20(2)36-24)44-27-16-32(33,34)17-27;1-19-12-25(43-26-16-31(32,33)17-26)15-23(35-19)14-24(41)13-22-5-7-27(37-36-22)20-9-11-40(18-20)30-39-38-29(44-30)28(42)8-6-21-4-2-3-10-34-21/h3,5,7,9,11-12,15,21,27H,4,6,8,10,13-14,16-18H2,1-2H3;3-6,8,12,15,21,27H,7,9-11,13-14,16-18H2,1-2H3;2-5,7,10,12,15,20,26H,6,8-9,11,13-14,16-18H2,1H3. The summed E-state index contributed by atoms with van der Waals surface area (Å²) < 4.78 is 95.9. The van der Waals surface area contributed by atoms with E-state index in [1.54, 1.807) is 69.6 Å². The zero-order valence-electron chi connectivity index (χ0n) is 74.3. The fraction of sp³-hybridized carbons (Fsp3) is 0.432. The van der Waals surface area contributed by atoms with Crippen LogP contribution in [0.1, 0.15) is 221 Å². The van der Waals surface area contributed by atoms with Gasteiger partial charge in [-0.2, -0.15) is 30.6 Å². The highest BCUT2D eigenvalue weighted by atomic mass is 32.1. The van der Waals surface area contributed by atoms with Crippen LogP contribution in [-0.2, 0) is 72.2 Å². The van der Waals surface area contributed by atoms with Gasteiger partial charge in [0.2, 0.25) is 15.4 Å². The van der Waals surface area contributed by atoms with Crippen molar-refractivity contribution in [2.45, 2.75) is 223 Å². The molecule has 3 atom stereocenters. The van der Waals surface area contributed by atoms with Crippen LogP contribution in [-0.4, -0.2) is 201 Å². The van der Waals surface area contributed by atoms with Crippen LogP contribution >= 0.6 is 34.0 Å². The number of anilines is 3. The minimum Gasteiger partial charge on any atom is -0.490 e. The maximum absolute atomic E-state index is 13.2. The van der Waals surface area contributed by atoms with E-state index >= 15 is 0 Å². The predicted octanol–water partition coefficient (Wildman–Crippen LogP) is 14.9. The van der Waals surface area contributed by atoms with Crippen molar-refractivity contribution in [1.29, 1.82) is 0 Å². The Kier molecular flexibility index (Phi) is 29.7. The summed E-state index contributed by atoms with van der Waals surface area (Å²) in [7, 11) is 0. The minimum atomic E-state index is -2.66. The molecule has 3 saturated carbocycles. The number of nitrogens with zero attached hydrogens (tertiary/aromatic N) is 21. The Labute approximate surface area is 779 Å². The number of Topliss-reactive ketones (excluding diaryl/α,β-unsaturated/α-hetero) is 6. The molecule has 0 N–H and O–H groups in total. The number of ether oxygens (including phenoxy) is 3. The summed E-state index contributed by atoms with van der Waals surface area (Å²) in [6, 6.07) is 36.5. The van der Waals surface area contributed by atoms with Crippen LogP contribution in [0.3, 0.4) is 0 Å². The second-order valence-corrected chi connectivity index (χ2v) is 37.9. The first-order valence-corrected chi connectivity index (χ1v) is 47.0. The molecule has 0 amide bonds. The number of pyridine rings is 6. The van der Waals surface area contributed by atoms with Crippen molar-refractivity contribution < 1.29 is 69.3 Å². The van der Waals surface area contributed by atoms with E-state index < -0.39 is 36.1 Å². The Morgan fingerprint density at radius 1 is 0.343 bits per heavy atom. The number of aryl methyl sites for hydroxylation is 8. The van der Waals surface area contributed by atoms with Crippen LogP contribution in [0.25, 0.3) is 0 Å². The van der Waals surface area contributed by atoms with E-state index in [2.05, 4.69) is 106 Å². The average molecular weight is 1890 g/mol. The number of alkyl halides is 6. The quantitative estimate of drug-likeness (QED) is 0.0260. The van der Waals surface area contributed by atoms with E-state index in [-0.39, 0.29) is 130 Å². The second-order valence-electron chi connectivity index (χ2n) is 35.0. The lowest BCUT2D eigenvalue weighted by atomic mass is 9.91. The van der Waals surface area contributed by atoms with Crippen LogP contribution in [0.4, 0.5) is 41.7 Å². The molecule has 6 fully saturated rings. The van der Waals surface area contributed by atoms with Crippen LogP contribution in [0, 0.1) is 34.6 Å². The van der Waals surface area contributed by atoms with Crippen LogP contribution in [0.2, 0.25) is 0 Å². The maximum Gasteiger partial charge on any atom is 0.255 e. The van der Waals surface area contributed by atoms with E-state index in [9.17, 15) is 55.1 Å². The normalized spacial score (nSPS) is 17.7. The molecule has 12 aromatic heterocycles.